The highest BCUT2D eigenvalue weighted by atomic mass is 32.2. The van der Waals surface area contributed by atoms with Gasteiger partial charge in [-0.25, -0.2) is 0 Å². The lowest BCUT2D eigenvalue weighted by Crippen LogP contribution is -2.17. The van der Waals surface area contributed by atoms with Gasteiger partial charge in [0.1, 0.15) is 24.7 Å². The van der Waals surface area contributed by atoms with Gasteiger partial charge in [-0.15, -0.1) is 0 Å². The maximum absolute atomic E-state index is 11.6. The average Bonchev–Trinajstić information content (AvgIpc) is 3.31. The van der Waals surface area contributed by atoms with Gasteiger partial charge in [0.25, 0.3) is 22.3 Å². The zero-order chi connectivity index (χ0) is 23.9. The van der Waals surface area contributed by atoms with Gasteiger partial charge in [0.2, 0.25) is 0 Å². The molecule has 0 aromatic heterocycles. The first-order valence-corrected chi connectivity index (χ1v) is 11.7. The molecule has 2 aliphatic rings. The number of nitrogens with one attached hydrogen (secondary N) is 2. The van der Waals surface area contributed by atoms with Crippen LogP contribution in [0.4, 0.5) is 9.59 Å². The molecule has 0 bridgehead atoms. The number of amides is 4. The lowest BCUT2D eigenvalue weighted by atomic mass is 10.2. The Balaban J connectivity index is 1.19. The molecule has 2 aromatic rings. The van der Waals surface area contributed by atoms with Gasteiger partial charge >= 0.3 is 0 Å². The summed E-state index contributed by atoms with van der Waals surface area (Å²) < 4.78 is 11.3. The molecule has 0 radical (unpaired) electrons. The minimum absolute atomic E-state index is 0.363. The van der Waals surface area contributed by atoms with Crippen molar-refractivity contribution in [3.63, 3.8) is 0 Å². The first-order valence-electron chi connectivity index (χ1n) is 10.1. The van der Waals surface area contributed by atoms with Crippen LogP contribution in [0.25, 0.3) is 12.2 Å². The van der Waals surface area contributed by atoms with Crippen LogP contribution < -0.4 is 20.1 Å². The predicted molar refractivity (Wildman–Crippen MR) is 131 cm³/mol. The highest BCUT2D eigenvalue weighted by molar-refractivity contribution is 8.18. The van der Waals surface area contributed by atoms with Crippen molar-refractivity contribution in [1.29, 1.82) is 0 Å². The van der Waals surface area contributed by atoms with Crippen LogP contribution in [0.15, 0.2) is 70.5 Å². The van der Waals surface area contributed by atoms with E-state index in [0.29, 0.717) is 34.5 Å². The molecule has 0 saturated carbocycles. The Kier molecular flexibility index (Phi) is 7.51. The molecule has 2 aromatic carbocycles. The minimum atomic E-state index is -0.383. The summed E-state index contributed by atoms with van der Waals surface area (Å²) in [6, 6.07) is 14.4. The van der Waals surface area contributed by atoms with E-state index < -0.39 is 0 Å². The number of ether oxygens (including phenoxy) is 2. The van der Waals surface area contributed by atoms with E-state index in [0.717, 1.165) is 34.7 Å². The Hall–Kier alpha value is -3.76. The lowest BCUT2D eigenvalue weighted by Gasteiger charge is -2.05. The number of rotatable bonds is 8. The van der Waals surface area contributed by atoms with E-state index in [9.17, 15) is 19.2 Å². The fourth-order valence-corrected chi connectivity index (χ4v) is 4.25. The number of benzene rings is 2. The number of hydrogen-bond donors (Lipinski definition) is 2. The summed E-state index contributed by atoms with van der Waals surface area (Å²) in [5.41, 5.74) is 1.59. The van der Waals surface area contributed by atoms with Crippen LogP contribution in [0.1, 0.15) is 11.1 Å². The zero-order valence-corrected chi connectivity index (χ0v) is 19.2. The highest BCUT2D eigenvalue weighted by Crippen LogP contribution is 2.27. The summed E-state index contributed by atoms with van der Waals surface area (Å²) in [6.45, 7) is 0.725. The Morgan fingerprint density at radius 1 is 0.618 bits per heavy atom. The fourth-order valence-electron chi connectivity index (χ4n) is 2.89. The van der Waals surface area contributed by atoms with Gasteiger partial charge in [0, 0.05) is 0 Å². The fraction of sp³-hybridized carbons (Fsp3) is 0.0833. The van der Waals surface area contributed by atoms with Crippen molar-refractivity contribution in [3.05, 3.63) is 81.6 Å². The van der Waals surface area contributed by atoms with Gasteiger partial charge in [-0.1, -0.05) is 24.3 Å². The number of imide groups is 2. The van der Waals surface area contributed by atoms with Crippen LogP contribution in [0, 0.1) is 0 Å². The van der Waals surface area contributed by atoms with Crippen LogP contribution in [-0.4, -0.2) is 35.5 Å². The predicted octanol–water partition coefficient (Wildman–Crippen LogP) is 4.35. The van der Waals surface area contributed by atoms with E-state index in [2.05, 4.69) is 10.6 Å². The van der Waals surface area contributed by atoms with Gasteiger partial charge in [-0.05, 0) is 83.2 Å². The van der Waals surface area contributed by atoms with Gasteiger partial charge in [0.05, 0.1) is 9.81 Å². The second kappa shape index (κ2) is 10.9. The highest BCUT2D eigenvalue weighted by Gasteiger charge is 2.25. The Morgan fingerprint density at radius 2 is 1.00 bits per heavy atom. The Bertz CT molecular complexity index is 1120. The van der Waals surface area contributed by atoms with Crippen LogP contribution in [0.5, 0.6) is 11.5 Å². The molecule has 172 valence electrons. The monoisotopic (exact) mass is 494 g/mol. The third-order valence-corrected chi connectivity index (χ3v) is 6.12. The van der Waals surface area contributed by atoms with Crippen molar-refractivity contribution in [2.75, 3.05) is 13.2 Å². The topological polar surface area (TPSA) is 111 Å². The molecule has 0 spiro atoms. The van der Waals surface area contributed by atoms with Gasteiger partial charge < -0.3 is 9.47 Å². The quantitative estimate of drug-likeness (QED) is 0.412. The van der Waals surface area contributed by atoms with Crippen LogP contribution in [-0.2, 0) is 9.59 Å². The van der Waals surface area contributed by atoms with Crippen LogP contribution in [0.2, 0.25) is 0 Å². The molecular formula is C24H18N2O6S2. The summed E-state index contributed by atoms with van der Waals surface area (Å²) in [4.78, 5) is 46.3. The van der Waals surface area contributed by atoms with Crippen molar-refractivity contribution < 1.29 is 28.7 Å². The molecule has 0 unspecified atom stereocenters. The van der Waals surface area contributed by atoms with Gasteiger partial charge in [-0.2, -0.15) is 0 Å². The lowest BCUT2D eigenvalue weighted by molar-refractivity contribution is -0.116. The molecular weight excluding hydrogens is 476 g/mol. The van der Waals surface area contributed by atoms with E-state index in [4.69, 9.17) is 9.47 Å². The number of hydrogen-bond acceptors (Lipinski definition) is 8. The van der Waals surface area contributed by atoms with Crippen molar-refractivity contribution in [2.45, 2.75) is 0 Å². The molecule has 0 atom stereocenters. The maximum Gasteiger partial charge on any atom is 0.290 e. The van der Waals surface area contributed by atoms with E-state index in [1.54, 1.807) is 60.7 Å². The van der Waals surface area contributed by atoms with Crippen LogP contribution in [0.3, 0.4) is 0 Å². The van der Waals surface area contributed by atoms with E-state index >= 15 is 0 Å². The molecule has 4 rings (SSSR count). The van der Waals surface area contributed by atoms with Gasteiger partial charge in [-0.3, -0.25) is 29.8 Å². The molecule has 2 heterocycles. The third kappa shape index (κ3) is 6.40. The molecule has 0 aliphatic carbocycles. The summed E-state index contributed by atoms with van der Waals surface area (Å²) in [6.07, 6.45) is 6.99. The van der Waals surface area contributed by atoms with Crippen LogP contribution >= 0.6 is 23.5 Å². The molecule has 2 saturated heterocycles. The van der Waals surface area contributed by atoms with E-state index in [-0.39, 0.29) is 22.3 Å². The molecule has 2 aliphatic heterocycles. The molecule has 10 heteroatoms. The van der Waals surface area contributed by atoms with Gasteiger partial charge in [0.15, 0.2) is 0 Å². The maximum atomic E-state index is 11.6. The second-order valence-electron chi connectivity index (χ2n) is 6.94. The second-order valence-corrected chi connectivity index (χ2v) is 8.97. The first kappa shape index (κ1) is 23.4. The molecule has 8 nitrogen and oxygen atoms in total. The molecule has 2 N–H and O–H groups in total. The normalized spacial score (nSPS) is 18.1. The van der Waals surface area contributed by atoms with E-state index in [1.807, 2.05) is 12.2 Å². The summed E-state index contributed by atoms with van der Waals surface area (Å²) in [7, 11) is 0. The number of carbonyl (C=O) groups excluding carboxylic acids is 4. The largest absolute Gasteiger partial charge is 0.490 e. The summed E-state index contributed by atoms with van der Waals surface area (Å²) >= 11 is 1.76. The molecule has 4 amide bonds. The van der Waals surface area contributed by atoms with Crippen molar-refractivity contribution in [1.82, 2.24) is 10.6 Å². The minimum Gasteiger partial charge on any atom is -0.490 e. The third-order valence-electron chi connectivity index (χ3n) is 4.50. The average molecular weight is 495 g/mol. The van der Waals surface area contributed by atoms with Crippen molar-refractivity contribution in [3.8, 4) is 11.5 Å². The molecule has 2 fully saturated rings. The number of carbonyl (C=O) groups is 4. The van der Waals surface area contributed by atoms with E-state index in [1.165, 1.54) is 0 Å². The summed E-state index contributed by atoms with van der Waals surface area (Å²) in [5.74, 6) is 0.581. The SMILES string of the molecule is O=C1NC(=O)C(=Cc2ccc(OCC=CCOc3ccc(C=C4SC(=O)NC4=O)cc3)cc2)S1. The zero-order valence-electron chi connectivity index (χ0n) is 17.6. The number of thioether (sulfide) groups is 2. The van der Waals surface area contributed by atoms with Crippen molar-refractivity contribution in [2.24, 2.45) is 0 Å². The van der Waals surface area contributed by atoms with Crippen molar-refractivity contribution >= 4 is 58.0 Å². The summed E-state index contributed by atoms with van der Waals surface area (Å²) in [5, 5.41) is 3.71. The standard InChI is InChI=1S/C24H18N2O6S2/c27-21-19(33-23(29)25-21)13-15-3-7-17(8-4-15)31-11-1-2-12-32-18-9-5-16(6-10-18)14-20-22(28)26-24(30)34-20/h1-10,13-14H,11-12H2,(H,25,27,29)(H,26,28,30). The Labute approximate surface area is 203 Å². The molecule has 34 heavy (non-hydrogen) atoms. The Morgan fingerprint density at radius 3 is 1.32 bits per heavy atom. The smallest absolute Gasteiger partial charge is 0.290 e. The first-order chi connectivity index (χ1) is 16.5.